The molecule has 0 aliphatic carbocycles. The minimum absolute atomic E-state index is 0.603. The molecule has 0 spiro atoms. The Hall–Kier alpha value is -1.98. The van der Waals surface area contributed by atoms with Crippen LogP contribution in [0, 0.1) is 6.92 Å². The van der Waals surface area contributed by atoms with Gasteiger partial charge in [0, 0.05) is 14.1 Å². The van der Waals surface area contributed by atoms with Crippen LogP contribution < -0.4 is 10.1 Å². The third-order valence-electron chi connectivity index (χ3n) is 2.55. The normalized spacial score (nSPS) is 10.6. The first-order valence-corrected chi connectivity index (χ1v) is 5.41. The Morgan fingerprint density at radius 1 is 1.35 bits per heavy atom. The summed E-state index contributed by atoms with van der Waals surface area (Å²) in [7, 11) is 5.41. The maximum Gasteiger partial charge on any atom is 0.256 e. The Kier molecular flexibility index (Phi) is 3.03. The van der Waals surface area contributed by atoms with Gasteiger partial charge in [0.1, 0.15) is 5.69 Å². The molecule has 0 aromatic carbocycles. The molecule has 2 aromatic rings. The topological polar surface area (TPSA) is 56.9 Å². The lowest BCUT2D eigenvalue weighted by atomic mass is 10.3. The minimum atomic E-state index is 0.603. The second-order valence-corrected chi connectivity index (χ2v) is 3.98. The van der Waals surface area contributed by atoms with Gasteiger partial charge in [-0.25, -0.2) is 0 Å². The van der Waals surface area contributed by atoms with Crippen LogP contribution in [0.1, 0.15) is 11.4 Å². The predicted octanol–water partition coefficient (Wildman–Crippen LogP) is 1.08. The summed E-state index contributed by atoms with van der Waals surface area (Å²) in [6, 6.07) is 2.05. The van der Waals surface area contributed by atoms with Crippen LogP contribution in [0.5, 0.6) is 5.88 Å². The van der Waals surface area contributed by atoms with Crippen molar-refractivity contribution in [2.45, 2.75) is 13.5 Å². The Morgan fingerprint density at radius 3 is 2.71 bits per heavy atom. The number of nitrogens with zero attached hydrogens (tertiary/aromatic N) is 4. The number of aromatic nitrogens is 4. The number of anilines is 1. The van der Waals surface area contributed by atoms with Gasteiger partial charge in [0.25, 0.3) is 5.88 Å². The van der Waals surface area contributed by atoms with Crippen molar-refractivity contribution in [1.29, 1.82) is 0 Å². The zero-order valence-electron chi connectivity index (χ0n) is 10.6. The molecule has 2 heterocycles. The Bertz CT molecular complexity index is 514. The van der Waals surface area contributed by atoms with Crippen LogP contribution in [0.25, 0.3) is 0 Å². The summed E-state index contributed by atoms with van der Waals surface area (Å²) < 4.78 is 8.76. The summed E-state index contributed by atoms with van der Waals surface area (Å²) in [5.74, 6) is 0.603. The number of methoxy groups -OCH3 is 1. The summed E-state index contributed by atoms with van der Waals surface area (Å²) >= 11 is 0. The van der Waals surface area contributed by atoms with Gasteiger partial charge in [0.05, 0.1) is 31.2 Å². The van der Waals surface area contributed by atoms with Crippen molar-refractivity contribution in [2.75, 3.05) is 12.4 Å². The zero-order chi connectivity index (χ0) is 12.4. The fraction of sp³-hybridized carbons (Fsp3) is 0.455. The van der Waals surface area contributed by atoms with Gasteiger partial charge in [-0.2, -0.15) is 5.10 Å². The summed E-state index contributed by atoms with van der Waals surface area (Å²) in [4.78, 5) is 0. The molecule has 0 bridgehead atoms. The van der Waals surface area contributed by atoms with Crippen molar-refractivity contribution in [1.82, 2.24) is 19.6 Å². The van der Waals surface area contributed by atoms with Crippen LogP contribution in [0.4, 0.5) is 5.69 Å². The van der Waals surface area contributed by atoms with Crippen LogP contribution in [0.3, 0.4) is 0 Å². The van der Waals surface area contributed by atoms with E-state index in [-0.39, 0.29) is 0 Å². The maximum atomic E-state index is 5.17. The van der Waals surface area contributed by atoms with E-state index in [1.807, 2.05) is 31.9 Å². The lowest BCUT2D eigenvalue weighted by Crippen LogP contribution is -2.05. The average molecular weight is 235 g/mol. The van der Waals surface area contributed by atoms with Crippen molar-refractivity contribution in [3.05, 3.63) is 23.7 Å². The minimum Gasteiger partial charge on any atom is -0.478 e. The molecule has 0 aliphatic heterocycles. The molecule has 2 aromatic heterocycles. The lowest BCUT2D eigenvalue weighted by molar-refractivity contribution is 0.393. The Balaban J connectivity index is 2.09. The third-order valence-corrected chi connectivity index (χ3v) is 2.55. The van der Waals surface area contributed by atoms with Gasteiger partial charge in [-0.15, -0.1) is 5.10 Å². The number of rotatable bonds is 4. The number of hydrogen-bond donors (Lipinski definition) is 1. The summed E-state index contributed by atoms with van der Waals surface area (Å²) in [5.41, 5.74) is 3.02. The Labute approximate surface area is 100 Å². The van der Waals surface area contributed by atoms with Gasteiger partial charge in [-0.05, 0) is 13.0 Å². The van der Waals surface area contributed by atoms with Crippen LogP contribution >= 0.6 is 0 Å². The predicted molar refractivity (Wildman–Crippen MR) is 65.0 cm³/mol. The number of ether oxygens (including phenoxy) is 1. The number of aryl methyl sites for hydroxylation is 3. The molecule has 0 radical (unpaired) electrons. The molecule has 0 amide bonds. The van der Waals surface area contributed by atoms with Crippen molar-refractivity contribution in [3.63, 3.8) is 0 Å². The molecule has 17 heavy (non-hydrogen) atoms. The van der Waals surface area contributed by atoms with E-state index < -0.39 is 0 Å². The highest BCUT2D eigenvalue weighted by atomic mass is 16.5. The third kappa shape index (κ3) is 2.41. The summed E-state index contributed by atoms with van der Waals surface area (Å²) in [6.07, 6.45) is 1.89. The highest BCUT2D eigenvalue weighted by molar-refractivity contribution is 5.51. The van der Waals surface area contributed by atoms with Crippen molar-refractivity contribution in [3.8, 4) is 5.88 Å². The average Bonchev–Trinajstić information content (AvgIpc) is 2.78. The van der Waals surface area contributed by atoms with Crippen LogP contribution in [-0.4, -0.2) is 26.7 Å². The first-order chi connectivity index (χ1) is 8.10. The first-order valence-electron chi connectivity index (χ1n) is 5.41. The van der Waals surface area contributed by atoms with E-state index in [9.17, 15) is 0 Å². The molecule has 6 heteroatoms. The second-order valence-electron chi connectivity index (χ2n) is 3.98. The Morgan fingerprint density at radius 2 is 2.12 bits per heavy atom. The van der Waals surface area contributed by atoms with E-state index in [2.05, 4.69) is 21.6 Å². The van der Waals surface area contributed by atoms with E-state index in [0.29, 0.717) is 12.4 Å². The molecule has 6 nitrogen and oxygen atoms in total. The summed E-state index contributed by atoms with van der Waals surface area (Å²) in [6.45, 7) is 2.67. The van der Waals surface area contributed by atoms with Gasteiger partial charge in [0.2, 0.25) is 0 Å². The molecule has 0 saturated heterocycles. The first kappa shape index (κ1) is 11.5. The van der Waals surface area contributed by atoms with E-state index in [4.69, 9.17) is 4.74 Å². The maximum absolute atomic E-state index is 5.17. The molecular weight excluding hydrogens is 218 g/mol. The summed E-state index contributed by atoms with van der Waals surface area (Å²) in [5, 5.41) is 11.8. The molecular formula is C11H17N5O. The number of nitrogens with one attached hydrogen (secondary N) is 1. The van der Waals surface area contributed by atoms with Gasteiger partial charge < -0.3 is 10.1 Å². The van der Waals surface area contributed by atoms with E-state index in [1.54, 1.807) is 11.8 Å². The van der Waals surface area contributed by atoms with E-state index >= 15 is 0 Å². The molecule has 0 fully saturated rings. The fourth-order valence-electron chi connectivity index (χ4n) is 1.76. The largest absolute Gasteiger partial charge is 0.478 e. The monoisotopic (exact) mass is 235 g/mol. The zero-order valence-corrected chi connectivity index (χ0v) is 10.6. The van der Waals surface area contributed by atoms with Gasteiger partial charge in [-0.3, -0.25) is 9.36 Å². The number of hydrogen-bond acceptors (Lipinski definition) is 4. The van der Waals surface area contributed by atoms with Gasteiger partial charge >= 0.3 is 0 Å². The molecule has 0 saturated carbocycles. The smallest absolute Gasteiger partial charge is 0.256 e. The second kappa shape index (κ2) is 4.48. The van der Waals surface area contributed by atoms with Crippen molar-refractivity contribution in [2.24, 2.45) is 14.1 Å². The SMILES string of the molecule is COc1nn(C)cc1NCc1cc(C)nn1C. The van der Waals surface area contributed by atoms with Crippen molar-refractivity contribution < 1.29 is 4.74 Å². The highest BCUT2D eigenvalue weighted by Crippen LogP contribution is 2.21. The molecule has 0 atom stereocenters. The van der Waals surface area contributed by atoms with Crippen LogP contribution in [-0.2, 0) is 20.6 Å². The van der Waals surface area contributed by atoms with Gasteiger partial charge in [-0.1, -0.05) is 0 Å². The highest BCUT2D eigenvalue weighted by Gasteiger charge is 2.08. The van der Waals surface area contributed by atoms with E-state index in [1.165, 1.54) is 0 Å². The fourth-order valence-corrected chi connectivity index (χ4v) is 1.76. The van der Waals surface area contributed by atoms with Crippen LogP contribution in [0.15, 0.2) is 12.3 Å². The van der Waals surface area contributed by atoms with Crippen LogP contribution in [0.2, 0.25) is 0 Å². The van der Waals surface area contributed by atoms with Crippen molar-refractivity contribution >= 4 is 5.69 Å². The standard InChI is InChI=1S/C11H17N5O/c1-8-5-9(16(3)13-8)6-12-10-7-15(2)14-11(10)17-4/h5,7,12H,6H2,1-4H3. The molecule has 0 aliphatic rings. The molecule has 0 unspecified atom stereocenters. The lowest BCUT2D eigenvalue weighted by Gasteiger charge is -2.05. The molecule has 2 rings (SSSR count). The van der Waals surface area contributed by atoms with E-state index in [0.717, 1.165) is 17.1 Å². The van der Waals surface area contributed by atoms with Gasteiger partial charge in [0.15, 0.2) is 0 Å². The quantitative estimate of drug-likeness (QED) is 0.861. The molecule has 1 N–H and O–H groups in total. The molecule has 92 valence electrons.